The standard InChI is InChI=1S/C12H15BF3O/c14-13(15,16)10-5-4-8-12(9-10)17-11-6-2-1-3-7-11/h4-5,8-9,11H,1-3,6-7H2/q-1. The van der Waals surface area contributed by atoms with Crippen molar-refractivity contribution in [2.24, 2.45) is 0 Å². The second-order valence-electron chi connectivity index (χ2n) is 4.53. The molecule has 0 bridgehead atoms. The van der Waals surface area contributed by atoms with Gasteiger partial charge in [-0.2, -0.15) is 0 Å². The topological polar surface area (TPSA) is 9.23 Å². The van der Waals surface area contributed by atoms with E-state index in [9.17, 15) is 12.9 Å². The molecule has 17 heavy (non-hydrogen) atoms. The van der Waals surface area contributed by atoms with Gasteiger partial charge in [0.1, 0.15) is 5.75 Å². The van der Waals surface area contributed by atoms with Crippen LogP contribution in [0.4, 0.5) is 12.9 Å². The molecule has 94 valence electrons. The first-order valence-corrected chi connectivity index (χ1v) is 6.02. The van der Waals surface area contributed by atoms with Gasteiger partial charge in [0.15, 0.2) is 0 Å². The zero-order valence-corrected chi connectivity index (χ0v) is 9.54. The molecule has 0 heterocycles. The Morgan fingerprint density at radius 2 is 1.76 bits per heavy atom. The molecule has 1 saturated carbocycles. The molecule has 1 fully saturated rings. The van der Waals surface area contributed by atoms with Crippen molar-refractivity contribution >= 4 is 12.4 Å². The summed E-state index contributed by atoms with van der Waals surface area (Å²) in [5.74, 6) is 0.341. The lowest BCUT2D eigenvalue weighted by molar-refractivity contribution is 0.155. The number of halogens is 3. The Morgan fingerprint density at radius 1 is 1.06 bits per heavy atom. The Balaban J connectivity index is 2.05. The highest BCUT2D eigenvalue weighted by Gasteiger charge is 2.26. The molecule has 1 aliphatic carbocycles. The van der Waals surface area contributed by atoms with Crippen LogP contribution in [0.5, 0.6) is 5.75 Å². The molecule has 1 nitrogen and oxygen atoms in total. The molecule has 0 atom stereocenters. The lowest BCUT2D eigenvalue weighted by Crippen LogP contribution is -2.34. The number of rotatable bonds is 3. The van der Waals surface area contributed by atoms with Gasteiger partial charge in [0.25, 0.3) is 0 Å². The average molecular weight is 243 g/mol. The molecule has 0 aliphatic heterocycles. The van der Waals surface area contributed by atoms with Gasteiger partial charge in [0.2, 0.25) is 0 Å². The first-order valence-electron chi connectivity index (χ1n) is 6.02. The molecule has 0 amide bonds. The lowest BCUT2D eigenvalue weighted by atomic mass is 9.80. The van der Waals surface area contributed by atoms with Crippen molar-refractivity contribution in [1.82, 2.24) is 0 Å². The van der Waals surface area contributed by atoms with Gasteiger partial charge in [0, 0.05) is 0 Å². The van der Waals surface area contributed by atoms with Crippen molar-refractivity contribution < 1.29 is 17.7 Å². The summed E-state index contributed by atoms with van der Waals surface area (Å²) in [5.41, 5.74) is -0.585. The summed E-state index contributed by atoms with van der Waals surface area (Å²) in [5, 5.41) is 0. The first kappa shape index (κ1) is 12.3. The average Bonchev–Trinajstić information content (AvgIpc) is 2.29. The fourth-order valence-electron chi connectivity index (χ4n) is 2.17. The van der Waals surface area contributed by atoms with Crippen molar-refractivity contribution in [1.29, 1.82) is 0 Å². The smallest absolute Gasteiger partial charge is 0.491 e. The van der Waals surface area contributed by atoms with E-state index in [4.69, 9.17) is 4.74 Å². The van der Waals surface area contributed by atoms with Crippen LogP contribution in [0.3, 0.4) is 0 Å². The van der Waals surface area contributed by atoms with Crippen molar-refractivity contribution in [2.75, 3.05) is 0 Å². The highest BCUT2D eigenvalue weighted by Crippen LogP contribution is 2.23. The number of hydrogen-bond donors (Lipinski definition) is 0. The minimum atomic E-state index is -4.93. The molecular weight excluding hydrogens is 228 g/mol. The third-order valence-corrected chi connectivity index (χ3v) is 3.09. The van der Waals surface area contributed by atoms with E-state index in [0.29, 0.717) is 5.75 Å². The van der Waals surface area contributed by atoms with Crippen LogP contribution in [0.25, 0.3) is 0 Å². The summed E-state index contributed by atoms with van der Waals surface area (Å²) in [6.45, 7) is -4.93. The van der Waals surface area contributed by atoms with E-state index in [2.05, 4.69) is 0 Å². The van der Waals surface area contributed by atoms with Crippen LogP contribution in [-0.4, -0.2) is 13.1 Å². The molecule has 0 N–H and O–H groups in total. The maximum absolute atomic E-state index is 12.6. The summed E-state index contributed by atoms with van der Waals surface area (Å²) in [6, 6.07) is 5.20. The van der Waals surface area contributed by atoms with Crippen LogP contribution < -0.4 is 10.2 Å². The fraction of sp³-hybridized carbons (Fsp3) is 0.500. The van der Waals surface area contributed by atoms with Gasteiger partial charge >= 0.3 is 6.98 Å². The van der Waals surface area contributed by atoms with Gasteiger partial charge in [-0.3, -0.25) is 0 Å². The van der Waals surface area contributed by atoms with Crippen molar-refractivity contribution in [3.8, 4) is 5.75 Å². The molecule has 2 rings (SSSR count). The molecule has 1 aromatic rings. The van der Waals surface area contributed by atoms with Crippen LogP contribution in [0.1, 0.15) is 32.1 Å². The van der Waals surface area contributed by atoms with Crippen molar-refractivity contribution in [2.45, 2.75) is 38.2 Å². The quantitative estimate of drug-likeness (QED) is 0.738. The van der Waals surface area contributed by atoms with E-state index in [1.807, 2.05) is 0 Å². The van der Waals surface area contributed by atoms with E-state index in [-0.39, 0.29) is 6.10 Å². The predicted molar refractivity (Wildman–Crippen MR) is 62.7 cm³/mol. The van der Waals surface area contributed by atoms with E-state index in [1.54, 1.807) is 6.07 Å². The summed E-state index contributed by atoms with van der Waals surface area (Å²) < 4.78 is 43.3. The monoisotopic (exact) mass is 243 g/mol. The van der Waals surface area contributed by atoms with Gasteiger partial charge in [-0.15, -0.1) is 5.46 Å². The summed E-state index contributed by atoms with van der Waals surface area (Å²) in [6.07, 6.45) is 5.38. The molecular formula is C12H15BF3O-. The maximum atomic E-state index is 12.6. The minimum Gasteiger partial charge on any atom is -0.491 e. The van der Waals surface area contributed by atoms with Gasteiger partial charge < -0.3 is 17.7 Å². The Bertz CT molecular complexity index is 372. The summed E-state index contributed by atoms with van der Waals surface area (Å²) >= 11 is 0. The lowest BCUT2D eigenvalue weighted by Gasteiger charge is -2.24. The highest BCUT2D eigenvalue weighted by molar-refractivity contribution is 6.73. The number of hydrogen-bond acceptors (Lipinski definition) is 1. The Labute approximate surface area is 99.0 Å². The SMILES string of the molecule is F[B-](F)(F)c1cccc(OC2CCCCC2)c1. The Hall–Kier alpha value is -1.13. The van der Waals surface area contributed by atoms with Crippen LogP contribution in [0, 0.1) is 0 Å². The minimum absolute atomic E-state index is 0.0831. The number of benzene rings is 1. The second-order valence-corrected chi connectivity index (χ2v) is 4.53. The fourth-order valence-corrected chi connectivity index (χ4v) is 2.17. The van der Waals surface area contributed by atoms with Gasteiger partial charge in [-0.1, -0.05) is 18.6 Å². The summed E-state index contributed by atoms with van der Waals surface area (Å²) in [4.78, 5) is 0. The molecule has 0 saturated heterocycles. The molecule has 1 aromatic carbocycles. The van der Waals surface area contributed by atoms with Crippen LogP contribution in [0.15, 0.2) is 24.3 Å². The van der Waals surface area contributed by atoms with E-state index in [1.165, 1.54) is 12.5 Å². The largest absolute Gasteiger partial charge is 0.509 e. The van der Waals surface area contributed by atoms with Crippen LogP contribution in [0.2, 0.25) is 0 Å². The predicted octanol–water partition coefficient (Wildman–Crippen LogP) is 3.45. The van der Waals surface area contributed by atoms with Gasteiger partial charge in [-0.25, -0.2) is 0 Å². The second kappa shape index (κ2) is 5.02. The van der Waals surface area contributed by atoms with E-state index in [0.717, 1.165) is 37.8 Å². The summed E-state index contributed by atoms with van der Waals surface area (Å²) in [7, 11) is 0. The zero-order chi connectivity index (χ0) is 12.3. The third-order valence-electron chi connectivity index (χ3n) is 3.09. The highest BCUT2D eigenvalue weighted by atomic mass is 19.4. The van der Waals surface area contributed by atoms with Crippen LogP contribution >= 0.6 is 0 Å². The third kappa shape index (κ3) is 3.41. The molecule has 1 aliphatic rings. The molecule has 0 radical (unpaired) electrons. The molecule has 0 unspecified atom stereocenters. The van der Waals surface area contributed by atoms with Crippen LogP contribution in [-0.2, 0) is 0 Å². The van der Waals surface area contributed by atoms with Gasteiger partial charge in [-0.05, 0) is 37.8 Å². The van der Waals surface area contributed by atoms with Crippen molar-refractivity contribution in [3.05, 3.63) is 24.3 Å². The normalized spacial score (nSPS) is 18.1. The Morgan fingerprint density at radius 3 is 2.41 bits per heavy atom. The zero-order valence-electron chi connectivity index (χ0n) is 9.54. The molecule has 5 heteroatoms. The number of ether oxygens (including phenoxy) is 1. The maximum Gasteiger partial charge on any atom is 0.509 e. The van der Waals surface area contributed by atoms with E-state index >= 15 is 0 Å². The Kier molecular flexibility index (Phi) is 3.65. The van der Waals surface area contributed by atoms with Gasteiger partial charge in [0.05, 0.1) is 6.10 Å². The molecule has 0 aromatic heterocycles. The van der Waals surface area contributed by atoms with Crippen molar-refractivity contribution in [3.63, 3.8) is 0 Å². The van der Waals surface area contributed by atoms with E-state index < -0.39 is 12.4 Å². The first-order chi connectivity index (χ1) is 8.05. The molecule has 0 spiro atoms.